The molecule has 0 aliphatic rings. The third kappa shape index (κ3) is 2.39. The normalized spacial score (nSPS) is 11.5. The van der Waals surface area contributed by atoms with Crippen LogP contribution < -0.4 is 5.43 Å². The van der Waals surface area contributed by atoms with Gasteiger partial charge in [0.15, 0.2) is 0 Å². The molecule has 0 saturated carbocycles. The van der Waals surface area contributed by atoms with E-state index in [0.717, 1.165) is 10.9 Å². The largest absolute Gasteiger partial charge is 0.477 e. The van der Waals surface area contributed by atoms with Crippen LogP contribution in [0.1, 0.15) is 6.92 Å². The Morgan fingerprint density at radius 2 is 2.12 bits per heavy atom. The molecule has 1 aromatic carbocycles. The lowest BCUT2D eigenvalue weighted by Gasteiger charge is -2.04. The fourth-order valence-corrected chi connectivity index (χ4v) is 1.39. The van der Waals surface area contributed by atoms with Gasteiger partial charge < -0.3 is 5.11 Å². The van der Waals surface area contributed by atoms with Gasteiger partial charge in [-0.1, -0.05) is 18.2 Å². The van der Waals surface area contributed by atoms with Gasteiger partial charge in [0.1, 0.15) is 5.71 Å². The molecular formula is C12H11N3O2. The Morgan fingerprint density at radius 1 is 1.35 bits per heavy atom. The van der Waals surface area contributed by atoms with Crippen molar-refractivity contribution in [2.75, 3.05) is 5.43 Å². The first kappa shape index (κ1) is 11.1. The zero-order valence-corrected chi connectivity index (χ0v) is 9.21. The van der Waals surface area contributed by atoms with Gasteiger partial charge in [-0.3, -0.25) is 10.4 Å². The molecular weight excluding hydrogens is 218 g/mol. The Kier molecular flexibility index (Phi) is 3.00. The highest BCUT2D eigenvalue weighted by molar-refractivity contribution is 6.34. The number of carboxylic acids is 1. The number of rotatable bonds is 3. The minimum absolute atomic E-state index is 0.00191. The van der Waals surface area contributed by atoms with E-state index in [9.17, 15) is 4.79 Å². The number of anilines is 1. The first-order chi connectivity index (χ1) is 8.18. The van der Waals surface area contributed by atoms with Crippen molar-refractivity contribution < 1.29 is 9.90 Å². The van der Waals surface area contributed by atoms with Gasteiger partial charge in [0.05, 0.1) is 11.2 Å². The summed E-state index contributed by atoms with van der Waals surface area (Å²) >= 11 is 0. The van der Waals surface area contributed by atoms with Crippen LogP contribution in [0.2, 0.25) is 0 Å². The quantitative estimate of drug-likeness (QED) is 0.624. The second-order valence-corrected chi connectivity index (χ2v) is 3.49. The standard InChI is InChI=1S/C12H11N3O2/c1-8(12(16)17)14-15-10-6-2-4-9-5-3-7-13-11(9)10/h2-7,15H,1H3,(H,16,17)/b14-8+. The van der Waals surface area contributed by atoms with Crippen molar-refractivity contribution >= 4 is 28.3 Å². The second-order valence-electron chi connectivity index (χ2n) is 3.49. The van der Waals surface area contributed by atoms with E-state index in [4.69, 9.17) is 5.11 Å². The number of aromatic nitrogens is 1. The molecule has 2 N–H and O–H groups in total. The van der Waals surface area contributed by atoms with Crippen LogP contribution in [0.15, 0.2) is 41.6 Å². The van der Waals surface area contributed by atoms with Crippen molar-refractivity contribution in [1.82, 2.24) is 4.98 Å². The second kappa shape index (κ2) is 4.61. The summed E-state index contributed by atoms with van der Waals surface area (Å²) in [5.41, 5.74) is 4.16. The van der Waals surface area contributed by atoms with Crippen LogP contribution in [0.3, 0.4) is 0 Å². The minimum Gasteiger partial charge on any atom is -0.477 e. The highest BCUT2D eigenvalue weighted by atomic mass is 16.4. The maximum absolute atomic E-state index is 10.6. The zero-order chi connectivity index (χ0) is 12.3. The average molecular weight is 229 g/mol. The Morgan fingerprint density at radius 3 is 2.88 bits per heavy atom. The Balaban J connectivity index is 2.37. The van der Waals surface area contributed by atoms with Crippen molar-refractivity contribution in [2.24, 2.45) is 5.10 Å². The lowest BCUT2D eigenvalue weighted by molar-refractivity contribution is -0.129. The molecule has 2 rings (SSSR count). The summed E-state index contributed by atoms with van der Waals surface area (Å²) in [6, 6.07) is 9.37. The summed E-state index contributed by atoms with van der Waals surface area (Å²) in [5.74, 6) is -1.05. The first-order valence-corrected chi connectivity index (χ1v) is 5.06. The first-order valence-electron chi connectivity index (χ1n) is 5.06. The number of fused-ring (bicyclic) bond motifs is 1. The van der Waals surface area contributed by atoms with Crippen LogP contribution in [-0.4, -0.2) is 21.8 Å². The number of carboxylic acid groups (broad SMARTS) is 1. The van der Waals surface area contributed by atoms with E-state index >= 15 is 0 Å². The topological polar surface area (TPSA) is 74.6 Å². The van der Waals surface area contributed by atoms with Crippen LogP contribution in [0.5, 0.6) is 0 Å². The molecule has 2 aromatic rings. The van der Waals surface area contributed by atoms with Crippen LogP contribution in [0.25, 0.3) is 10.9 Å². The maximum Gasteiger partial charge on any atom is 0.351 e. The summed E-state index contributed by atoms with van der Waals surface area (Å²) in [7, 11) is 0. The van der Waals surface area contributed by atoms with Gasteiger partial charge in [-0.25, -0.2) is 4.79 Å². The summed E-state index contributed by atoms with van der Waals surface area (Å²) in [5, 5.41) is 13.4. The highest BCUT2D eigenvalue weighted by Gasteiger charge is 2.03. The van der Waals surface area contributed by atoms with Gasteiger partial charge in [0, 0.05) is 11.6 Å². The molecule has 0 fully saturated rings. The molecule has 0 saturated heterocycles. The third-order valence-corrected chi connectivity index (χ3v) is 2.29. The summed E-state index contributed by atoms with van der Waals surface area (Å²) < 4.78 is 0. The van der Waals surface area contributed by atoms with Crippen LogP contribution in [0, 0.1) is 0 Å². The van der Waals surface area contributed by atoms with E-state index in [-0.39, 0.29) is 5.71 Å². The van der Waals surface area contributed by atoms with E-state index in [2.05, 4.69) is 15.5 Å². The predicted molar refractivity (Wildman–Crippen MR) is 66.1 cm³/mol. The number of hydrogen-bond donors (Lipinski definition) is 2. The number of aliphatic carboxylic acids is 1. The van der Waals surface area contributed by atoms with Gasteiger partial charge in [0.25, 0.3) is 0 Å². The number of hydrazone groups is 1. The molecule has 5 heteroatoms. The molecule has 0 bridgehead atoms. The Bertz CT molecular complexity index is 588. The molecule has 0 atom stereocenters. The number of hydrogen-bond acceptors (Lipinski definition) is 4. The number of benzene rings is 1. The van der Waals surface area contributed by atoms with Crippen molar-refractivity contribution in [3.05, 3.63) is 36.5 Å². The molecule has 0 radical (unpaired) electrons. The van der Waals surface area contributed by atoms with Gasteiger partial charge in [0.2, 0.25) is 0 Å². The third-order valence-electron chi connectivity index (χ3n) is 2.29. The number of para-hydroxylation sites is 1. The van der Waals surface area contributed by atoms with Crippen molar-refractivity contribution in [1.29, 1.82) is 0 Å². The molecule has 1 aromatic heterocycles. The number of carbonyl (C=O) groups is 1. The van der Waals surface area contributed by atoms with Crippen LogP contribution in [-0.2, 0) is 4.79 Å². The van der Waals surface area contributed by atoms with Gasteiger partial charge in [-0.05, 0) is 19.1 Å². The number of nitrogens with zero attached hydrogens (tertiary/aromatic N) is 2. The number of pyridine rings is 1. The Hall–Kier alpha value is -2.43. The van der Waals surface area contributed by atoms with E-state index in [1.165, 1.54) is 6.92 Å². The smallest absolute Gasteiger partial charge is 0.351 e. The SMILES string of the molecule is C/C(=N\Nc1cccc2cccnc12)C(=O)O. The van der Waals surface area contributed by atoms with Crippen molar-refractivity contribution in [3.63, 3.8) is 0 Å². The molecule has 86 valence electrons. The molecule has 0 unspecified atom stereocenters. The highest BCUT2D eigenvalue weighted by Crippen LogP contribution is 2.20. The molecule has 0 aliphatic heterocycles. The van der Waals surface area contributed by atoms with Crippen molar-refractivity contribution in [3.8, 4) is 0 Å². The Labute approximate surface area is 97.8 Å². The predicted octanol–water partition coefficient (Wildman–Crippen LogP) is 2.11. The zero-order valence-electron chi connectivity index (χ0n) is 9.21. The average Bonchev–Trinajstić information content (AvgIpc) is 2.35. The van der Waals surface area contributed by atoms with E-state index in [1.54, 1.807) is 12.3 Å². The maximum atomic E-state index is 10.6. The fourth-order valence-electron chi connectivity index (χ4n) is 1.39. The molecule has 0 spiro atoms. The van der Waals surface area contributed by atoms with Gasteiger partial charge in [-0.15, -0.1) is 0 Å². The minimum atomic E-state index is -1.05. The van der Waals surface area contributed by atoms with Crippen molar-refractivity contribution in [2.45, 2.75) is 6.92 Å². The summed E-state index contributed by atoms with van der Waals surface area (Å²) in [4.78, 5) is 14.8. The van der Waals surface area contributed by atoms with E-state index in [0.29, 0.717) is 5.69 Å². The van der Waals surface area contributed by atoms with E-state index in [1.807, 2.05) is 24.3 Å². The lowest BCUT2D eigenvalue weighted by Crippen LogP contribution is -2.10. The van der Waals surface area contributed by atoms with Gasteiger partial charge in [-0.2, -0.15) is 5.10 Å². The van der Waals surface area contributed by atoms with Gasteiger partial charge >= 0.3 is 5.97 Å². The summed E-state index contributed by atoms with van der Waals surface area (Å²) in [6.07, 6.45) is 1.68. The number of nitrogens with one attached hydrogen (secondary N) is 1. The molecule has 17 heavy (non-hydrogen) atoms. The molecule has 0 amide bonds. The van der Waals surface area contributed by atoms with Crippen LogP contribution >= 0.6 is 0 Å². The van der Waals surface area contributed by atoms with Crippen LogP contribution in [0.4, 0.5) is 5.69 Å². The monoisotopic (exact) mass is 229 g/mol. The summed E-state index contributed by atoms with van der Waals surface area (Å²) in [6.45, 7) is 1.42. The lowest BCUT2D eigenvalue weighted by atomic mass is 10.2. The molecule has 0 aliphatic carbocycles. The fraction of sp³-hybridized carbons (Fsp3) is 0.0833. The molecule has 1 heterocycles. The molecule has 5 nitrogen and oxygen atoms in total. The van der Waals surface area contributed by atoms with E-state index < -0.39 is 5.97 Å².